The van der Waals surface area contributed by atoms with Crippen LogP contribution in [0.5, 0.6) is 0 Å². The van der Waals surface area contributed by atoms with Crippen LogP contribution in [0, 0.1) is 0 Å². The summed E-state index contributed by atoms with van der Waals surface area (Å²) in [6, 6.07) is 0. The first kappa shape index (κ1) is 20.8. The first-order valence-electron chi connectivity index (χ1n) is 7.68. The number of hydrogen-bond acceptors (Lipinski definition) is 5. The van der Waals surface area contributed by atoms with E-state index in [1.807, 2.05) is 28.1 Å². The quantitative estimate of drug-likeness (QED) is 0.442. The molecule has 4 atom stereocenters. The average Bonchev–Trinajstić information content (AvgIpc) is 2.33. The zero-order valence-electron chi connectivity index (χ0n) is 14.2. The Balaban J connectivity index is 4.03. The standard InChI is InChI=1S/C15H34NO5/c1-6-14(7-12(2)18)21-15(9-17)11-20-10-13(19)8-16(3,4)5/h12-15,17-19H,6-11H2,1-5H3/q+1. The van der Waals surface area contributed by atoms with Crippen molar-refractivity contribution >= 4 is 0 Å². The summed E-state index contributed by atoms with van der Waals surface area (Å²) in [5.74, 6) is 0. The summed E-state index contributed by atoms with van der Waals surface area (Å²) in [6.07, 6.45) is -0.180. The van der Waals surface area contributed by atoms with Crippen molar-refractivity contribution in [3.05, 3.63) is 0 Å². The van der Waals surface area contributed by atoms with Gasteiger partial charge in [-0.25, -0.2) is 0 Å². The third kappa shape index (κ3) is 12.0. The predicted molar refractivity (Wildman–Crippen MR) is 82.1 cm³/mol. The van der Waals surface area contributed by atoms with Gasteiger partial charge in [0.1, 0.15) is 18.8 Å². The number of aliphatic hydroxyl groups is 3. The van der Waals surface area contributed by atoms with Crippen molar-refractivity contribution in [1.29, 1.82) is 0 Å². The fourth-order valence-electron chi connectivity index (χ4n) is 2.13. The van der Waals surface area contributed by atoms with E-state index in [1.165, 1.54) is 0 Å². The third-order valence-electron chi connectivity index (χ3n) is 3.02. The van der Waals surface area contributed by atoms with Gasteiger partial charge in [-0.15, -0.1) is 0 Å². The highest BCUT2D eigenvalue weighted by atomic mass is 16.5. The number of likely N-dealkylation sites (N-methyl/N-ethyl adjacent to an activating group) is 1. The van der Waals surface area contributed by atoms with E-state index in [0.717, 1.165) is 6.42 Å². The topological polar surface area (TPSA) is 79.2 Å². The summed E-state index contributed by atoms with van der Waals surface area (Å²) in [5, 5.41) is 28.6. The molecule has 0 fully saturated rings. The number of nitrogens with zero attached hydrogens (tertiary/aromatic N) is 1. The monoisotopic (exact) mass is 308 g/mol. The number of aliphatic hydroxyl groups excluding tert-OH is 3. The number of rotatable bonds is 12. The van der Waals surface area contributed by atoms with E-state index >= 15 is 0 Å². The second-order valence-electron chi connectivity index (χ2n) is 6.72. The van der Waals surface area contributed by atoms with Gasteiger partial charge >= 0.3 is 0 Å². The van der Waals surface area contributed by atoms with E-state index < -0.39 is 18.3 Å². The van der Waals surface area contributed by atoms with Gasteiger partial charge in [-0.2, -0.15) is 0 Å². The zero-order valence-corrected chi connectivity index (χ0v) is 14.2. The molecule has 0 saturated heterocycles. The molecule has 0 aromatic heterocycles. The first-order chi connectivity index (χ1) is 9.67. The van der Waals surface area contributed by atoms with Crippen LogP contribution < -0.4 is 0 Å². The normalized spacial score (nSPS) is 18.3. The van der Waals surface area contributed by atoms with Crippen LogP contribution in [0.15, 0.2) is 0 Å². The van der Waals surface area contributed by atoms with Gasteiger partial charge in [0, 0.05) is 0 Å². The second kappa shape index (κ2) is 10.5. The maximum absolute atomic E-state index is 9.84. The third-order valence-corrected chi connectivity index (χ3v) is 3.02. The molecule has 0 bridgehead atoms. The van der Waals surface area contributed by atoms with Gasteiger partial charge in [-0.05, 0) is 19.8 Å². The van der Waals surface area contributed by atoms with Crippen molar-refractivity contribution in [1.82, 2.24) is 0 Å². The molecule has 3 N–H and O–H groups in total. The fraction of sp³-hybridized carbons (Fsp3) is 1.00. The summed E-state index contributed by atoms with van der Waals surface area (Å²) in [5.41, 5.74) is 0. The van der Waals surface area contributed by atoms with E-state index in [0.29, 0.717) is 17.4 Å². The van der Waals surface area contributed by atoms with Crippen LogP contribution in [0.25, 0.3) is 0 Å². The molecule has 0 aromatic carbocycles. The molecule has 0 spiro atoms. The predicted octanol–water partition coefficient (Wildman–Crippen LogP) is -0.00290. The molecule has 0 aliphatic heterocycles. The molecule has 0 saturated carbocycles. The van der Waals surface area contributed by atoms with Crippen molar-refractivity contribution in [3.63, 3.8) is 0 Å². The smallest absolute Gasteiger partial charge is 0.126 e. The lowest BCUT2D eigenvalue weighted by Crippen LogP contribution is -2.43. The molecule has 0 radical (unpaired) electrons. The molecule has 0 rings (SSSR count). The molecule has 0 amide bonds. The van der Waals surface area contributed by atoms with Crippen molar-refractivity contribution < 1.29 is 29.3 Å². The lowest BCUT2D eigenvalue weighted by atomic mass is 10.1. The maximum Gasteiger partial charge on any atom is 0.126 e. The van der Waals surface area contributed by atoms with Gasteiger partial charge in [-0.3, -0.25) is 0 Å². The van der Waals surface area contributed by atoms with Gasteiger partial charge in [0.2, 0.25) is 0 Å². The minimum atomic E-state index is -0.538. The lowest BCUT2D eigenvalue weighted by molar-refractivity contribution is -0.873. The minimum Gasteiger partial charge on any atom is -0.394 e. The highest BCUT2D eigenvalue weighted by molar-refractivity contribution is 4.65. The molecule has 6 nitrogen and oxygen atoms in total. The Morgan fingerprint density at radius 1 is 1.05 bits per heavy atom. The van der Waals surface area contributed by atoms with Crippen molar-refractivity contribution in [2.45, 2.75) is 51.1 Å². The van der Waals surface area contributed by atoms with Crippen LogP contribution in [0.1, 0.15) is 26.7 Å². The zero-order chi connectivity index (χ0) is 16.5. The van der Waals surface area contributed by atoms with E-state index in [9.17, 15) is 15.3 Å². The minimum absolute atomic E-state index is 0.0954. The Hall–Kier alpha value is -0.240. The summed E-state index contributed by atoms with van der Waals surface area (Å²) in [7, 11) is 6.01. The summed E-state index contributed by atoms with van der Waals surface area (Å²) in [4.78, 5) is 0. The fourth-order valence-corrected chi connectivity index (χ4v) is 2.13. The van der Waals surface area contributed by atoms with Crippen molar-refractivity contribution in [2.24, 2.45) is 0 Å². The maximum atomic E-state index is 9.84. The molecule has 0 aromatic rings. The summed E-state index contributed by atoms with van der Waals surface area (Å²) < 4.78 is 11.8. The van der Waals surface area contributed by atoms with Crippen LogP contribution >= 0.6 is 0 Å². The number of ether oxygens (including phenoxy) is 2. The Kier molecular flexibility index (Phi) is 10.4. The number of hydrogen-bond donors (Lipinski definition) is 3. The van der Waals surface area contributed by atoms with Crippen LogP contribution in [0.4, 0.5) is 0 Å². The van der Waals surface area contributed by atoms with E-state index in [2.05, 4.69) is 0 Å². The van der Waals surface area contributed by atoms with Gasteiger partial charge in [0.25, 0.3) is 0 Å². The van der Waals surface area contributed by atoms with Crippen molar-refractivity contribution in [3.8, 4) is 0 Å². The molecule has 21 heavy (non-hydrogen) atoms. The van der Waals surface area contributed by atoms with E-state index in [-0.39, 0.29) is 25.9 Å². The van der Waals surface area contributed by atoms with Gasteiger partial charge in [0.15, 0.2) is 0 Å². The van der Waals surface area contributed by atoms with Crippen molar-refractivity contribution in [2.75, 3.05) is 47.5 Å². The lowest BCUT2D eigenvalue weighted by Gasteiger charge is -2.27. The van der Waals surface area contributed by atoms with E-state index in [4.69, 9.17) is 9.47 Å². The molecule has 4 unspecified atom stereocenters. The molecule has 0 heterocycles. The Morgan fingerprint density at radius 2 is 1.67 bits per heavy atom. The van der Waals surface area contributed by atoms with Crippen LogP contribution in [0.3, 0.4) is 0 Å². The Bertz CT molecular complexity index is 255. The summed E-state index contributed by atoms with van der Waals surface area (Å²) in [6.45, 7) is 4.63. The largest absolute Gasteiger partial charge is 0.394 e. The molecular formula is C15H34NO5+. The Morgan fingerprint density at radius 3 is 2.10 bits per heavy atom. The molecule has 6 heteroatoms. The van der Waals surface area contributed by atoms with E-state index in [1.54, 1.807) is 6.92 Å². The molecule has 128 valence electrons. The second-order valence-corrected chi connectivity index (χ2v) is 6.72. The average molecular weight is 308 g/mol. The van der Waals surface area contributed by atoms with Gasteiger partial charge < -0.3 is 29.3 Å². The Labute approximate surface area is 128 Å². The summed E-state index contributed by atoms with van der Waals surface area (Å²) >= 11 is 0. The van der Waals surface area contributed by atoms with Crippen LogP contribution in [0.2, 0.25) is 0 Å². The number of quaternary nitrogens is 1. The highest BCUT2D eigenvalue weighted by Crippen LogP contribution is 2.10. The van der Waals surface area contributed by atoms with Gasteiger partial charge in [0.05, 0.1) is 53.2 Å². The highest BCUT2D eigenvalue weighted by Gasteiger charge is 2.19. The van der Waals surface area contributed by atoms with Gasteiger partial charge in [-0.1, -0.05) is 6.92 Å². The SMILES string of the molecule is CCC(CC(C)O)OC(CO)COCC(O)C[N+](C)(C)C. The van der Waals surface area contributed by atoms with Crippen LogP contribution in [-0.4, -0.2) is 91.7 Å². The molecule has 0 aliphatic carbocycles. The first-order valence-corrected chi connectivity index (χ1v) is 7.68. The molecular weight excluding hydrogens is 274 g/mol. The van der Waals surface area contributed by atoms with Crippen LogP contribution in [-0.2, 0) is 9.47 Å². The molecule has 0 aliphatic rings.